The zero-order valence-electron chi connectivity index (χ0n) is 16.5. The van der Waals surface area contributed by atoms with E-state index in [1.54, 1.807) is 24.3 Å². The highest BCUT2D eigenvalue weighted by Gasteiger charge is 2.14. The lowest BCUT2D eigenvalue weighted by Crippen LogP contribution is -2.15. The van der Waals surface area contributed by atoms with Crippen molar-refractivity contribution < 1.29 is 9.59 Å². The normalized spacial score (nSPS) is 10.6. The first-order chi connectivity index (χ1) is 14.5. The Bertz CT molecular complexity index is 992. The van der Waals surface area contributed by atoms with Crippen LogP contribution in [-0.4, -0.2) is 32.3 Å². The molecule has 0 spiro atoms. The van der Waals surface area contributed by atoms with E-state index in [1.165, 1.54) is 11.8 Å². The maximum atomic E-state index is 12.2. The van der Waals surface area contributed by atoms with Gasteiger partial charge in [-0.2, -0.15) is 0 Å². The summed E-state index contributed by atoms with van der Waals surface area (Å²) in [5.41, 5.74) is 1.45. The Morgan fingerprint density at radius 2 is 1.63 bits per heavy atom. The van der Waals surface area contributed by atoms with Crippen LogP contribution in [0.2, 0.25) is 5.02 Å². The molecule has 9 heteroatoms. The summed E-state index contributed by atoms with van der Waals surface area (Å²) in [4.78, 5) is 24.4. The van der Waals surface area contributed by atoms with Crippen LogP contribution in [0.15, 0.2) is 59.8 Å². The third-order valence-electron chi connectivity index (χ3n) is 4.20. The molecule has 0 atom stereocenters. The number of aromatic nitrogens is 3. The Kier molecular flexibility index (Phi) is 7.87. The molecular formula is C21H22ClN5O2S. The van der Waals surface area contributed by atoms with Crippen molar-refractivity contribution in [1.29, 1.82) is 0 Å². The lowest BCUT2D eigenvalue weighted by Gasteiger charge is -2.08. The Morgan fingerprint density at radius 3 is 2.33 bits per heavy atom. The van der Waals surface area contributed by atoms with Crippen molar-refractivity contribution in [3.05, 3.63) is 65.4 Å². The lowest BCUT2D eigenvalue weighted by atomic mass is 10.2. The number of hydrogen-bond donors (Lipinski definition) is 2. The van der Waals surface area contributed by atoms with Crippen molar-refractivity contribution in [2.24, 2.45) is 0 Å². The number of carbonyl (C=O) groups excluding carboxylic acids is 2. The van der Waals surface area contributed by atoms with Gasteiger partial charge in [0.05, 0.1) is 5.75 Å². The van der Waals surface area contributed by atoms with E-state index < -0.39 is 0 Å². The monoisotopic (exact) mass is 443 g/mol. The quantitative estimate of drug-likeness (QED) is 0.482. The van der Waals surface area contributed by atoms with Gasteiger partial charge < -0.3 is 15.2 Å². The predicted molar refractivity (Wildman–Crippen MR) is 120 cm³/mol. The maximum absolute atomic E-state index is 12.2. The number of nitrogens with zero attached hydrogens (tertiary/aromatic N) is 3. The van der Waals surface area contributed by atoms with Gasteiger partial charge in [0.1, 0.15) is 5.82 Å². The highest BCUT2D eigenvalue weighted by Crippen LogP contribution is 2.19. The average Bonchev–Trinajstić information content (AvgIpc) is 3.15. The molecular weight excluding hydrogens is 422 g/mol. The van der Waals surface area contributed by atoms with Crippen LogP contribution in [0.4, 0.5) is 11.4 Å². The van der Waals surface area contributed by atoms with Crippen LogP contribution in [0.25, 0.3) is 0 Å². The summed E-state index contributed by atoms with van der Waals surface area (Å²) in [6, 6.07) is 16.3. The van der Waals surface area contributed by atoms with Crippen LogP contribution in [0.1, 0.15) is 19.2 Å². The highest BCUT2D eigenvalue weighted by atomic mass is 35.5. The molecule has 0 aliphatic rings. The number of aryl methyl sites for hydroxylation is 1. The van der Waals surface area contributed by atoms with E-state index in [9.17, 15) is 9.59 Å². The van der Waals surface area contributed by atoms with Crippen LogP contribution < -0.4 is 10.6 Å². The summed E-state index contributed by atoms with van der Waals surface area (Å²) >= 11 is 7.16. The summed E-state index contributed by atoms with van der Waals surface area (Å²) in [5.74, 6) is 0.705. The van der Waals surface area contributed by atoms with Crippen molar-refractivity contribution in [2.45, 2.75) is 31.5 Å². The zero-order valence-corrected chi connectivity index (χ0v) is 18.0. The van der Waals surface area contributed by atoms with Gasteiger partial charge in [-0.05, 0) is 43.3 Å². The first-order valence-corrected chi connectivity index (χ1v) is 10.9. The van der Waals surface area contributed by atoms with Gasteiger partial charge in [0.25, 0.3) is 0 Å². The van der Waals surface area contributed by atoms with E-state index in [-0.39, 0.29) is 17.6 Å². The lowest BCUT2D eigenvalue weighted by molar-refractivity contribution is -0.116. The van der Waals surface area contributed by atoms with E-state index in [4.69, 9.17) is 11.6 Å². The molecule has 2 aromatic carbocycles. The molecule has 0 bridgehead atoms. The second-order valence-corrected chi connectivity index (χ2v) is 7.78. The largest absolute Gasteiger partial charge is 0.326 e. The molecule has 156 valence electrons. The van der Waals surface area contributed by atoms with Gasteiger partial charge in [0.2, 0.25) is 11.8 Å². The Hall–Kier alpha value is -2.84. The van der Waals surface area contributed by atoms with Crippen LogP contribution >= 0.6 is 23.4 Å². The number of rotatable bonds is 9. The summed E-state index contributed by atoms with van der Waals surface area (Å²) in [5, 5.41) is 15.3. The molecule has 2 amide bonds. The molecule has 0 aliphatic heterocycles. The summed E-state index contributed by atoms with van der Waals surface area (Å²) in [6.07, 6.45) is 0.770. The molecule has 0 saturated carbocycles. The van der Waals surface area contributed by atoms with E-state index in [0.29, 0.717) is 35.3 Å². The third kappa shape index (κ3) is 6.33. The summed E-state index contributed by atoms with van der Waals surface area (Å²) < 4.78 is 1.93. The number of para-hydroxylation sites is 1. The molecule has 30 heavy (non-hydrogen) atoms. The van der Waals surface area contributed by atoms with Gasteiger partial charge in [-0.1, -0.05) is 41.6 Å². The molecule has 1 heterocycles. The fourth-order valence-electron chi connectivity index (χ4n) is 2.76. The SMILES string of the molecule is CCn1c(CCC(=O)Nc2ccccc2)nnc1SCC(=O)Nc1ccc(Cl)cc1. The van der Waals surface area contributed by atoms with Crippen LogP contribution in [-0.2, 0) is 22.6 Å². The second kappa shape index (κ2) is 10.8. The summed E-state index contributed by atoms with van der Waals surface area (Å²) in [6.45, 7) is 2.64. The Morgan fingerprint density at radius 1 is 0.967 bits per heavy atom. The van der Waals surface area contributed by atoms with E-state index in [1.807, 2.05) is 41.8 Å². The van der Waals surface area contributed by atoms with Crippen LogP contribution in [0.3, 0.4) is 0 Å². The number of nitrogens with one attached hydrogen (secondary N) is 2. The number of hydrogen-bond acceptors (Lipinski definition) is 5. The number of halogens is 1. The highest BCUT2D eigenvalue weighted by molar-refractivity contribution is 7.99. The number of benzene rings is 2. The van der Waals surface area contributed by atoms with Gasteiger partial charge in [-0.3, -0.25) is 9.59 Å². The molecule has 0 saturated heterocycles. The molecule has 0 fully saturated rings. The smallest absolute Gasteiger partial charge is 0.234 e. The fraction of sp³-hybridized carbons (Fsp3) is 0.238. The summed E-state index contributed by atoms with van der Waals surface area (Å²) in [7, 11) is 0. The van der Waals surface area contributed by atoms with Gasteiger partial charge in [0.15, 0.2) is 5.16 Å². The van der Waals surface area contributed by atoms with E-state index in [0.717, 1.165) is 11.5 Å². The topological polar surface area (TPSA) is 88.9 Å². The van der Waals surface area contributed by atoms with E-state index >= 15 is 0 Å². The van der Waals surface area contributed by atoms with Gasteiger partial charge >= 0.3 is 0 Å². The van der Waals surface area contributed by atoms with Gasteiger partial charge in [-0.15, -0.1) is 10.2 Å². The molecule has 2 N–H and O–H groups in total. The zero-order chi connectivity index (χ0) is 21.3. The van der Waals surface area contributed by atoms with Crippen molar-refractivity contribution in [1.82, 2.24) is 14.8 Å². The van der Waals surface area contributed by atoms with Gasteiger partial charge in [0, 0.05) is 35.8 Å². The van der Waals surface area contributed by atoms with Crippen LogP contribution in [0, 0.1) is 0 Å². The molecule has 0 radical (unpaired) electrons. The molecule has 0 aliphatic carbocycles. The minimum atomic E-state index is -0.142. The molecule has 7 nitrogen and oxygen atoms in total. The van der Waals surface area contributed by atoms with Crippen molar-refractivity contribution in [2.75, 3.05) is 16.4 Å². The first kappa shape index (κ1) is 21.9. The minimum Gasteiger partial charge on any atom is -0.326 e. The molecule has 3 rings (SSSR count). The number of anilines is 2. The Labute approximate surface area is 184 Å². The number of carbonyl (C=O) groups is 2. The maximum Gasteiger partial charge on any atom is 0.234 e. The standard InChI is InChI=1S/C21H22ClN5O2S/c1-2-27-18(12-13-19(28)23-16-6-4-3-5-7-16)25-26-21(27)30-14-20(29)24-17-10-8-15(22)9-11-17/h3-11H,2,12-14H2,1H3,(H,23,28)(H,24,29). The third-order valence-corrected chi connectivity index (χ3v) is 5.42. The minimum absolute atomic E-state index is 0.0802. The van der Waals surface area contributed by atoms with Crippen molar-refractivity contribution in [3.63, 3.8) is 0 Å². The predicted octanol–water partition coefficient (Wildman–Crippen LogP) is 4.25. The van der Waals surface area contributed by atoms with Crippen LogP contribution in [0.5, 0.6) is 0 Å². The molecule has 1 aromatic heterocycles. The van der Waals surface area contributed by atoms with Crippen molar-refractivity contribution >= 4 is 46.6 Å². The Balaban J connectivity index is 1.51. The fourth-order valence-corrected chi connectivity index (χ4v) is 3.71. The average molecular weight is 444 g/mol. The van der Waals surface area contributed by atoms with Gasteiger partial charge in [-0.25, -0.2) is 0 Å². The number of amides is 2. The molecule has 0 unspecified atom stereocenters. The van der Waals surface area contributed by atoms with Crippen molar-refractivity contribution in [3.8, 4) is 0 Å². The number of thioether (sulfide) groups is 1. The first-order valence-electron chi connectivity index (χ1n) is 9.50. The second-order valence-electron chi connectivity index (χ2n) is 6.40. The molecule has 3 aromatic rings. The van der Waals surface area contributed by atoms with E-state index in [2.05, 4.69) is 20.8 Å².